The number of carbonyl (C=O) groups is 1. The van der Waals surface area contributed by atoms with E-state index in [9.17, 15) is 14.3 Å². The molecule has 6 heteroatoms. The molecule has 0 saturated carbocycles. The van der Waals surface area contributed by atoms with Gasteiger partial charge in [-0.15, -0.1) is 11.8 Å². The smallest absolute Gasteiger partial charge is 0.338 e. The minimum Gasteiger partial charge on any atom is -0.478 e. The first kappa shape index (κ1) is 19.2. The van der Waals surface area contributed by atoms with Crippen LogP contribution in [0.25, 0.3) is 0 Å². The second-order valence-electron chi connectivity index (χ2n) is 6.21. The highest BCUT2D eigenvalue weighted by Crippen LogP contribution is 2.30. The Morgan fingerprint density at radius 2 is 2.04 bits per heavy atom. The van der Waals surface area contributed by atoms with Crippen molar-refractivity contribution >= 4 is 17.7 Å². The fraction of sp³-hybridized carbons (Fsp3) is 0.238. The van der Waals surface area contributed by atoms with E-state index < -0.39 is 5.97 Å². The zero-order valence-electron chi connectivity index (χ0n) is 14.8. The second kappa shape index (κ2) is 9.37. The van der Waals surface area contributed by atoms with E-state index >= 15 is 0 Å². The summed E-state index contributed by atoms with van der Waals surface area (Å²) in [6.45, 7) is 1.23. The predicted molar refractivity (Wildman–Crippen MR) is 106 cm³/mol. The summed E-state index contributed by atoms with van der Waals surface area (Å²) in [5.41, 5.74) is 2.31. The number of halogens is 1. The number of carboxylic acid groups (broad SMARTS) is 1. The second-order valence-corrected chi connectivity index (χ2v) is 7.29. The van der Waals surface area contributed by atoms with Crippen molar-refractivity contribution in [2.24, 2.45) is 0 Å². The van der Waals surface area contributed by atoms with Gasteiger partial charge in [-0.05, 0) is 54.5 Å². The van der Waals surface area contributed by atoms with Gasteiger partial charge in [-0.3, -0.25) is 4.98 Å². The zero-order valence-corrected chi connectivity index (χ0v) is 15.7. The Hall–Kier alpha value is -2.60. The van der Waals surface area contributed by atoms with Gasteiger partial charge in [0, 0.05) is 12.7 Å². The molecule has 1 aliphatic rings. The Bertz CT molecular complexity index is 835. The van der Waals surface area contributed by atoms with Crippen LogP contribution in [0.2, 0.25) is 0 Å². The van der Waals surface area contributed by atoms with E-state index in [0.717, 1.165) is 34.9 Å². The summed E-state index contributed by atoms with van der Waals surface area (Å²) in [4.78, 5) is 18.0. The largest absolute Gasteiger partial charge is 0.478 e. The van der Waals surface area contributed by atoms with Crippen LogP contribution in [0.1, 0.15) is 17.7 Å². The maximum Gasteiger partial charge on any atom is 0.338 e. The first-order valence-electron chi connectivity index (χ1n) is 8.79. The van der Waals surface area contributed by atoms with Gasteiger partial charge < -0.3 is 10.0 Å². The number of aryl methyl sites for hydroxylation is 1. The summed E-state index contributed by atoms with van der Waals surface area (Å²) < 4.78 is 13.0. The van der Waals surface area contributed by atoms with Crippen LogP contribution >= 0.6 is 11.8 Å². The molecule has 1 N–H and O–H groups in total. The molecule has 3 rings (SSSR count). The maximum absolute atomic E-state index is 13.0. The average Bonchev–Trinajstić information content (AvgIpc) is 2.68. The average molecular weight is 384 g/mol. The molecule has 27 heavy (non-hydrogen) atoms. The van der Waals surface area contributed by atoms with Crippen LogP contribution in [-0.2, 0) is 17.8 Å². The van der Waals surface area contributed by atoms with Crippen LogP contribution in [-0.4, -0.2) is 33.3 Å². The minimum atomic E-state index is -0.919. The van der Waals surface area contributed by atoms with Gasteiger partial charge in [-0.2, -0.15) is 0 Å². The van der Waals surface area contributed by atoms with Crippen molar-refractivity contribution in [2.45, 2.75) is 19.4 Å². The lowest BCUT2D eigenvalue weighted by atomic mass is 10.1. The SMILES string of the molecule is O=C(O)C1=C(SCCCc2ccc(F)cc2)N(Cc2ccccn2)CC=C1. The Balaban J connectivity index is 1.64. The fourth-order valence-corrected chi connectivity index (χ4v) is 3.99. The summed E-state index contributed by atoms with van der Waals surface area (Å²) in [7, 11) is 0. The first-order chi connectivity index (χ1) is 13.1. The highest BCUT2D eigenvalue weighted by Gasteiger charge is 2.21. The molecule has 1 aliphatic heterocycles. The van der Waals surface area contributed by atoms with E-state index in [2.05, 4.69) is 4.98 Å². The van der Waals surface area contributed by atoms with Crippen molar-refractivity contribution in [1.29, 1.82) is 0 Å². The lowest BCUT2D eigenvalue weighted by Gasteiger charge is -2.29. The molecule has 0 spiro atoms. The van der Waals surface area contributed by atoms with Gasteiger partial charge in [-0.1, -0.05) is 24.3 Å². The van der Waals surface area contributed by atoms with E-state index in [1.54, 1.807) is 36.2 Å². The lowest BCUT2D eigenvalue weighted by molar-refractivity contribution is -0.132. The summed E-state index contributed by atoms with van der Waals surface area (Å²) in [5.74, 6) is -0.364. The van der Waals surface area contributed by atoms with E-state index in [1.165, 1.54) is 12.1 Å². The minimum absolute atomic E-state index is 0.233. The topological polar surface area (TPSA) is 53.4 Å². The summed E-state index contributed by atoms with van der Waals surface area (Å²) in [6.07, 6.45) is 7.01. The van der Waals surface area contributed by atoms with Gasteiger partial charge in [0.25, 0.3) is 0 Å². The van der Waals surface area contributed by atoms with Gasteiger partial charge in [0.2, 0.25) is 0 Å². The van der Waals surface area contributed by atoms with Crippen molar-refractivity contribution < 1.29 is 14.3 Å². The number of rotatable bonds is 8. The molecule has 2 heterocycles. The Kier molecular flexibility index (Phi) is 6.65. The van der Waals surface area contributed by atoms with Crippen LogP contribution in [0.15, 0.2) is 71.4 Å². The Morgan fingerprint density at radius 1 is 1.22 bits per heavy atom. The molecule has 0 amide bonds. The van der Waals surface area contributed by atoms with Gasteiger partial charge in [-0.25, -0.2) is 9.18 Å². The van der Waals surface area contributed by atoms with Crippen LogP contribution in [0.3, 0.4) is 0 Å². The molecular formula is C21H21FN2O2S. The molecule has 1 aromatic carbocycles. The van der Waals surface area contributed by atoms with Crippen molar-refractivity contribution in [3.63, 3.8) is 0 Å². The van der Waals surface area contributed by atoms with E-state index in [1.807, 2.05) is 29.2 Å². The normalized spacial score (nSPS) is 13.9. The summed E-state index contributed by atoms with van der Waals surface area (Å²) >= 11 is 1.56. The number of thioether (sulfide) groups is 1. The van der Waals surface area contributed by atoms with Crippen LogP contribution in [0, 0.1) is 5.82 Å². The molecule has 1 aromatic heterocycles. The monoisotopic (exact) mass is 384 g/mol. The quantitative estimate of drug-likeness (QED) is 0.690. The van der Waals surface area contributed by atoms with Gasteiger partial charge in [0.15, 0.2) is 0 Å². The van der Waals surface area contributed by atoms with Gasteiger partial charge in [0.1, 0.15) is 5.82 Å². The number of hydrogen-bond acceptors (Lipinski definition) is 4. The number of carboxylic acids is 1. The van der Waals surface area contributed by atoms with Crippen molar-refractivity contribution in [1.82, 2.24) is 9.88 Å². The third-order valence-corrected chi connectivity index (χ3v) is 5.44. The highest BCUT2D eigenvalue weighted by molar-refractivity contribution is 8.03. The van der Waals surface area contributed by atoms with Gasteiger partial charge in [0.05, 0.1) is 22.8 Å². The molecule has 0 unspecified atom stereocenters. The van der Waals surface area contributed by atoms with Crippen molar-refractivity contribution in [3.05, 3.63) is 88.5 Å². The molecule has 0 aliphatic carbocycles. The van der Waals surface area contributed by atoms with E-state index in [-0.39, 0.29) is 5.82 Å². The third kappa shape index (κ3) is 5.44. The van der Waals surface area contributed by atoms with Crippen LogP contribution in [0.5, 0.6) is 0 Å². The van der Waals surface area contributed by atoms with Crippen molar-refractivity contribution in [2.75, 3.05) is 12.3 Å². The molecule has 0 radical (unpaired) electrons. The molecular weight excluding hydrogens is 363 g/mol. The number of aliphatic carboxylic acids is 1. The third-order valence-electron chi connectivity index (χ3n) is 4.20. The molecule has 0 fully saturated rings. The summed E-state index contributed by atoms with van der Waals surface area (Å²) in [5, 5.41) is 10.3. The van der Waals surface area contributed by atoms with E-state index in [4.69, 9.17) is 0 Å². The standard InChI is InChI=1S/C21H21FN2O2S/c22-17-10-8-16(9-11-17)5-4-14-27-20-19(21(25)26)7-3-13-24(20)15-18-6-1-2-12-23-18/h1-3,6-12H,4-5,13-15H2,(H,25,26). The number of nitrogens with zero attached hydrogens (tertiary/aromatic N) is 2. The predicted octanol–water partition coefficient (Wildman–Crippen LogP) is 4.25. The Labute approximate surface area is 162 Å². The number of aromatic nitrogens is 1. The summed E-state index contributed by atoms with van der Waals surface area (Å²) in [6, 6.07) is 12.2. The molecule has 0 saturated heterocycles. The van der Waals surface area contributed by atoms with Crippen LogP contribution < -0.4 is 0 Å². The highest BCUT2D eigenvalue weighted by atomic mass is 32.2. The number of hydrogen-bond donors (Lipinski definition) is 1. The maximum atomic E-state index is 13.0. The lowest BCUT2D eigenvalue weighted by Crippen LogP contribution is -2.27. The number of benzene rings is 1. The molecule has 0 bridgehead atoms. The van der Waals surface area contributed by atoms with Crippen LogP contribution in [0.4, 0.5) is 4.39 Å². The van der Waals surface area contributed by atoms with Crippen molar-refractivity contribution in [3.8, 4) is 0 Å². The molecule has 4 nitrogen and oxygen atoms in total. The first-order valence-corrected chi connectivity index (χ1v) is 9.78. The number of pyridine rings is 1. The fourth-order valence-electron chi connectivity index (χ4n) is 2.87. The Morgan fingerprint density at radius 3 is 2.74 bits per heavy atom. The van der Waals surface area contributed by atoms with Gasteiger partial charge >= 0.3 is 5.97 Å². The molecule has 0 atom stereocenters. The molecule has 2 aromatic rings. The van der Waals surface area contributed by atoms with E-state index in [0.29, 0.717) is 18.7 Å². The molecule has 140 valence electrons. The zero-order chi connectivity index (χ0) is 19.1.